The molecule has 10 heteroatoms. The first-order valence-corrected chi connectivity index (χ1v) is 10.2. The first-order valence-electron chi connectivity index (χ1n) is 9.46. The van der Waals surface area contributed by atoms with E-state index < -0.39 is 23.8 Å². The maximum Gasteiger partial charge on any atom is 0.344 e. The summed E-state index contributed by atoms with van der Waals surface area (Å²) >= 11 is 12.4. The number of esters is 1. The number of barbiturate groups is 1. The summed E-state index contributed by atoms with van der Waals surface area (Å²) in [6.07, 6.45) is 1.26. The molecule has 4 amide bonds. The minimum absolute atomic E-state index is 0.0550. The number of nitrogens with zero attached hydrogens (tertiary/aromatic N) is 1. The van der Waals surface area contributed by atoms with Gasteiger partial charge in [0.1, 0.15) is 5.57 Å². The van der Waals surface area contributed by atoms with Crippen molar-refractivity contribution >= 4 is 58.8 Å². The van der Waals surface area contributed by atoms with Crippen LogP contribution in [0.15, 0.2) is 42.0 Å². The molecule has 0 saturated carbocycles. The van der Waals surface area contributed by atoms with Crippen molar-refractivity contribution in [3.05, 3.63) is 63.1 Å². The standard InChI is InChI=1S/C22H18Cl2N2O6/c1-3-31-18(27)11-32-19-16(23)9-13(10-17(19)24)8-15-20(28)25-22(30)26(21(15)29)14-6-4-12(2)5-7-14/h4-10H,3,11H2,1-2H3,(H,25,28,30)/b15-8+. The second kappa shape index (κ2) is 9.84. The smallest absolute Gasteiger partial charge is 0.344 e. The van der Waals surface area contributed by atoms with Crippen molar-refractivity contribution in [3.63, 3.8) is 0 Å². The van der Waals surface area contributed by atoms with Gasteiger partial charge in [0, 0.05) is 0 Å². The van der Waals surface area contributed by atoms with Crippen molar-refractivity contribution in [2.75, 3.05) is 18.1 Å². The van der Waals surface area contributed by atoms with Crippen molar-refractivity contribution in [3.8, 4) is 5.75 Å². The summed E-state index contributed by atoms with van der Waals surface area (Å²) in [5, 5.41) is 2.26. The molecule has 1 N–H and O–H groups in total. The van der Waals surface area contributed by atoms with Crippen LogP contribution in [-0.4, -0.2) is 37.0 Å². The number of imide groups is 2. The molecule has 3 rings (SSSR count). The Labute approximate surface area is 193 Å². The average molecular weight is 477 g/mol. The monoisotopic (exact) mass is 476 g/mol. The van der Waals surface area contributed by atoms with E-state index in [1.165, 1.54) is 18.2 Å². The number of aryl methyl sites for hydroxylation is 1. The predicted octanol–water partition coefficient (Wildman–Crippen LogP) is 3.91. The summed E-state index contributed by atoms with van der Waals surface area (Å²) in [4.78, 5) is 49.9. The largest absolute Gasteiger partial charge is 0.479 e. The van der Waals surface area contributed by atoms with E-state index in [2.05, 4.69) is 5.32 Å². The molecule has 1 aliphatic heterocycles. The number of nitrogens with one attached hydrogen (secondary N) is 1. The molecular weight excluding hydrogens is 459 g/mol. The third-order valence-electron chi connectivity index (χ3n) is 4.37. The quantitative estimate of drug-likeness (QED) is 0.385. The number of hydrogen-bond donors (Lipinski definition) is 1. The van der Waals surface area contributed by atoms with Gasteiger partial charge in [-0.1, -0.05) is 40.9 Å². The van der Waals surface area contributed by atoms with Crippen LogP contribution in [0.5, 0.6) is 5.75 Å². The van der Waals surface area contributed by atoms with Crippen molar-refractivity contribution in [2.24, 2.45) is 0 Å². The third kappa shape index (κ3) is 5.09. The van der Waals surface area contributed by atoms with Crippen molar-refractivity contribution < 1.29 is 28.7 Å². The van der Waals surface area contributed by atoms with Gasteiger partial charge in [-0.15, -0.1) is 0 Å². The molecule has 0 unspecified atom stereocenters. The third-order valence-corrected chi connectivity index (χ3v) is 4.93. The lowest BCUT2D eigenvalue weighted by atomic mass is 10.1. The Balaban J connectivity index is 1.89. The summed E-state index contributed by atoms with van der Waals surface area (Å²) in [6.45, 7) is 3.34. The topological polar surface area (TPSA) is 102 Å². The predicted molar refractivity (Wildman–Crippen MR) is 119 cm³/mol. The summed E-state index contributed by atoms with van der Waals surface area (Å²) in [5.41, 5.74) is 1.30. The highest BCUT2D eigenvalue weighted by Crippen LogP contribution is 2.35. The molecule has 2 aromatic rings. The van der Waals surface area contributed by atoms with E-state index in [0.717, 1.165) is 10.5 Å². The van der Waals surface area contributed by atoms with Crippen molar-refractivity contribution in [1.29, 1.82) is 0 Å². The van der Waals surface area contributed by atoms with Crippen LogP contribution in [-0.2, 0) is 19.1 Å². The number of carbonyl (C=O) groups is 4. The molecule has 0 aromatic heterocycles. The van der Waals surface area contributed by atoms with E-state index in [9.17, 15) is 19.2 Å². The number of amides is 4. The van der Waals surface area contributed by atoms with E-state index in [1.54, 1.807) is 31.2 Å². The Morgan fingerprint density at radius 1 is 1.09 bits per heavy atom. The van der Waals surface area contributed by atoms with Crippen LogP contribution in [0.25, 0.3) is 6.08 Å². The van der Waals surface area contributed by atoms with Gasteiger partial charge in [-0.3, -0.25) is 14.9 Å². The van der Waals surface area contributed by atoms with Gasteiger partial charge >= 0.3 is 12.0 Å². The molecule has 0 radical (unpaired) electrons. The van der Waals surface area contributed by atoms with Gasteiger partial charge < -0.3 is 9.47 Å². The number of hydrogen-bond acceptors (Lipinski definition) is 6. The van der Waals surface area contributed by atoms with Crippen LogP contribution < -0.4 is 15.0 Å². The summed E-state index contributed by atoms with van der Waals surface area (Å²) in [7, 11) is 0. The SMILES string of the molecule is CCOC(=O)COc1c(Cl)cc(/C=C2\C(=O)NC(=O)N(c3ccc(C)cc3)C2=O)cc1Cl. The van der Waals surface area contributed by atoms with Gasteiger partial charge in [0.25, 0.3) is 11.8 Å². The van der Waals surface area contributed by atoms with Gasteiger partial charge in [-0.2, -0.15) is 0 Å². The highest BCUT2D eigenvalue weighted by molar-refractivity contribution is 6.40. The minimum atomic E-state index is -0.849. The van der Waals surface area contributed by atoms with Crippen LogP contribution in [0, 0.1) is 6.92 Å². The molecule has 2 aromatic carbocycles. The Bertz CT molecular complexity index is 1100. The lowest BCUT2D eigenvalue weighted by Crippen LogP contribution is -2.54. The highest BCUT2D eigenvalue weighted by atomic mass is 35.5. The van der Waals surface area contributed by atoms with E-state index in [1.807, 2.05) is 6.92 Å². The van der Waals surface area contributed by atoms with E-state index in [-0.39, 0.29) is 34.6 Å². The number of urea groups is 1. The summed E-state index contributed by atoms with van der Waals surface area (Å²) in [6, 6.07) is 8.66. The first-order chi connectivity index (χ1) is 15.2. The number of anilines is 1. The molecule has 0 bridgehead atoms. The Morgan fingerprint density at radius 2 is 1.72 bits per heavy atom. The normalized spacial score (nSPS) is 15.1. The van der Waals surface area contributed by atoms with E-state index in [4.69, 9.17) is 32.7 Å². The van der Waals surface area contributed by atoms with Gasteiger partial charge in [0.2, 0.25) is 0 Å². The van der Waals surface area contributed by atoms with E-state index >= 15 is 0 Å². The van der Waals surface area contributed by atoms with Crippen LogP contribution in [0.2, 0.25) is 10.0 Å². The molecule has 166 valence electrons. The second-order valence-corrected chi connectivity index (χ2v) is 7.52. The Kier molecular flexibility index (Phi) is 7.17. The van der Waals surface area contributed by atoms with Gasteiger partial charge in [0.15, 0.2) is 12.4 Å². The van der Waals surface area contributed by atoms with E-state index in [0.29, 0.717) is 11.3 Å². The lowest BCUT2D eigenvalue weighted by molar-refractivity contribution is -0.145. The lowest BCUT2D eigenvalue weighted by Gasteiger charge is -2.26. The second-order valence-electron chi connectivity index (χ2n) is 6.70. The molecule has 0 atom stereocenters. The number of halogens is 2. The zero-order valence-electron chi connectivity index (χ0n) is 17.1. The number of ether oxygens (including phenoxy) is 2. The summed E-state index contributed by atoms with van der Waals surface area (Å²) in [5.74, 6) is -2.17. The highest BCUT2D eigenvalue weighted by Gasteiger charge is 2.36. The Hall–Kier alpha value is -3.36. The van der Waals surface area contributed by atoms with Gasteiger partial charge in [-0.05, 0) is 49.8 Å². The molecule has 8 nitrogen and oxygen atoms in total. The maximum absolute atomic E-state index is 12.9. The minimum Gasteiger partial charge on any atom is -0.479 e. The fourth-order valence-electron chi connectivity index (χ4n) is 2.89. The number of rotatable bonds is 6. The first kappa shape index (κ1) is 23.3. The number of benzene rings is 2. The average Bonchev–Trinajstić information content (AvgIpc) is 2.72. The molecule has 0 spiro atoms. The fraction of sp³-hybridized carbons (Fsp3) is 0.182. The molecule has 0 aliphatic carbocycles. The molecule has 1 saturated heterocycles. The maximum atomic E-state index is 12.9. The zero-order valence-corrected chi connectivity index (χ0v) is 18.6. The zero-order chi connectivity index (χ0) is 23.4. The molecule has 32 heavy (non-hydrogen) atoms. The van der Waals surface area contributed by atoms with Crippen molar-refractivity contribution in [2.45, 2.75) is 13.8 Å². The van der Waals surface area contributed by atoms with Crippen LogP contribution >= 0.6 is 23.2 Å². The molecule has 1 fully saturated rings. The number of carbonyl (C=O) groups excluding carboxylic acids is 4. The van der Waals surface area contributed by atoms with Crippen LogP contribution in [0.4, 0.5) is 10.5 Å². The summed E-state index contributed by atoms with van der Waals surface area (Å²) < 4.78 is 10.1. The van der Waals surface area contributed by atoms with Crippen molar-refractivity contribution in [1.82, 2.24) is 5.32 Å². The molecule has 1 aliphatic rings. The van der Waals surface area contributed by atoms with Crippen LogP contribution in [0.1, 0.15) is 18.1 Å². The van der Waals surface area contributed by atoms with Gasteiger partial charge in [-0.25, -0.2) is 14.5 Å². The fourth-order valence-corrected chi connectivity index (χ4v) is 3.50. The van der Waals surface area contributed by atoms with Crippen LogP contribution in [0.3, 0.4) is 0 Å². The molecular formula is C22H18Cl2N2O6. The molecule has 1 heterocycles. The van der Waals surface area contributed by atoms with Gasteiger partial charge in [0.05, 0.1) is 22.3 Å². The Morgan fingerprint density at radius 3 is 2.31 bits per heavy atom.